The van der Waals surface area contributed by atoms with E-state index in [0.29, 0.717) is 23.7 Å². The van der Waals surface area contributed by atoms with Gasteiger partial charge in [-0.1, -0.05) is 6.07 Å². The molecule has 0 aliphatic carbocycles. The van der Waals surface area contributed by atoms with Gasteiger partial charge in [0.1, 0.15) is 5.56 Å². The van der Waals surface area contributed by atoms with Crippen LogP contribution in [0.1, 0.15) is 16.2 Å². The number of hydrogen-bond acceptors (Lipinski definition) is 7. The molecule has 0 aliphatic heterocycles. The molecule has 122 valence electrons. The molecule has 0 aliphatic rings. The minimum absolute atomic E-state index is 0.112. The Kier molecular flexibility index (Phi) is 4.06. The van der Waals surface area contributed by atoms with Crippen molar-refractivity contribution in [2.45, 2.75) is 6.54 Å². The Morgan fingerprint density at radius 3 is 2.92 bits per heavy atom. The number of nitro groups is 1. The first-order chi connectivity index (χ1) is 11.6. The third-order valence-corrected chi connectivity index (χ3v) is 3.43. The Labute approximate surface area is 136 Å². The summed E-state index contributed by atoms with van der Waals surface area (Å²) in [5, 5.41) is 22.2. The molecule has 3 rings (SSSR count). The van der Waals surface area contributed by atoms with E-state index in [2.05, 4.69) is 20.3 Å². The minimum atomic E-state index is -0.765. The molecule has 2 heterocycles. The van der Waals surface area contributed by atoms with E-state index in [1.165, 1.54) is 25.3 Å². The number of nitrogens with one attached hydrogen (secondary N) is 1. The Bertz CT molecular complexity index is 921. The number of rotatable bonds is 5. The average Bonchev–Trinajstić information content (AvgIpc) is 3.02. The minimum Gasteiger partial charge on any atom is -0.465 e. The van der Waals surface area contributed by atoms with E-state index in [0.717, 1.165) is 0 Å². The monoisotopic (exact) mass is 327 g/mol. The van der Waals surface area contributed by atoms with Crippen LogP contribution in [-0.2, 0) is 11.3 Å². The summed E-state index contributed by atoms with van der Waals surface area (Å²) >= 11 is 0. The number of esters is 1. The Hall–Kier alpha value is -3.49. The molecule has 9 heteroatoms. The molecule has 1 aromatic carbocycles. The van der Waals surface area contributed by atoms with Crippen LogP contribution in [0.25, 0.3) is 5.65 Å². The third-order valence-electron chi connectivity index (χ3n) is 3.43. The molecule has 3 aromatic rings. The van der Waals surface area contributed by atoms with Crippen molar-refractivity contribution in [3.63, 3.8) is 0 Å². The number of pyridine rings is 1. The summed E-state index contributed by atoms with van der Waals surface area (Å²) in [4.78, 5) is 22.1. The first-order valence-corrected chi connectivity index (χ1v) is 6.99. The van der Waals surface area contributed by atoms with E-state index in [1.54, 1.807) is 0 Å². The second-order valence-corrected chi connectivity index (χ2v) is 4.88. The first kappa shape index (κ1) is 15.4. The number of nitrogens with zero attached hydrogens (tertiary/aromatic N) is 4. The highest BCUT2D eigenvalue weighted by atomic mass is 16.6. The second kappa shape index (κ2) is 6.32. The van der Waals surface area contributed by atoms with Gasteiger partial charge in [0.05, 0.1) is 18.6 Å². The van der Waals surface area contributed by atoms with Crippen LogP contribution in [-0.4, -0.2) is 32.6 Å². The van der Waals surface area contributed by atoms with Crippen LogP contribution in [0.15, 0.2) is 42.6 Å². The Balaban J connectivity index is 1.85. The summed E-state index contributed by atoms with van der Waals surface area (Å²) in [5.74, 6) is -0.0955. The van der Waals surface area contributed by atoms with Gasteiger partial charge in [-0.05, 0) is 24.3 Å². The highest BCUT2D eigenvalue weighted by Crippen LogP contribution is 2.23. The van der Waals surface area contributed by atoms with Crippen molar-refractivity contribution in [1.82, 2.24) is 14.6 Å². The summed E-state index contributed by atoms with van der Waals surface area (Å²) in [5.41, 5.74) is 0.834. The van der Waals surface area contributed by atoms with Crippen LogP contribution in [0.3, 0.4) is 0 Å². The van der Waals surface area contributed by atoms with Crippen molar-refractivity contribution in [2.75, 3.05) is 12.4 Å². The van der Waals surface area contributed by atoms with Gasteiger partial charge >= 0.3 is 5.97 Å². The van der Waals surface area contributed by atoms with E-state index in [4.69, 9.17) is 0 Å². The Morgan fingerprint density at radius 2 is 2.17 bits per heavy atom. The molecule has 2 aromatic heterocycles. The number of nitro benzene ring substituents is 1. The quantitative estimate of drug-likeness (QED) is 0.433. The molecule has 0 radical (unpaired) electrons. The molecule has 0 amide bonds. The van der Waals surface area contributed by atoms with E-state index < -0.39 is 10.9 Å². The number of hydrogen-bond donors (Lipinski definition) is 1. The number of ether oxygens (including phenoxy) is 1. The largest absolute Gasteiger partial charge is 0.465 e. The second-order valence-electron chi connectivity index (χ2n) is 4.88. The van der Waals surface area contributed by atoms with Gasteiger partial charge in [0, 0.05) is 18.0 Å². The van der Waals surface area contributed by atoms with Gasteiger partial charge in [0.15, 0.2) is 11.5 Å². The van der Waals surface area contributed by atoms with Crippen molar-refractivity contribution in [1.29, 1.82) is 0 Å². The smallest absolute Gasteiger partial charge is 0.344 e. The third kappa shape index (κ3) is 2.86. The molecule has 9 nitrogen and oxygen atoms in total. The zero-order valence-corrected chi connectivity index (χ0v) is 12.7. The number of methoxy groups -OCH3 is 1. The van der Waals surface area contributed by atoms with Gasteiger partial charge in [-0.25, -0.2) is 4.79 Å². The van der Waals surface area contributed by atoms with Gasteiger partial charge in [-0.2, -0.15) is 0 Å². The molecule has 0 bridgehead atoms. The van der Waals surface area contributed by atoms with Gasteiger partial charge in [-0.3, -0.25) is 14.5 Å². The molecule has 24 heavy (non-hydrogen) atoms. The SMILES string of the molecule is COC(=O)c1cc(NCc2nnc3ccccn23)ccc1[N+](=O)[O-]. The van der Waals surface area contributed by atoms with Crippen molar-refractivity contribution in [3.05, 3.63) is 64.1 Å². The average molecular weight is 327 g/mol. The number of carbonyl (C=O) groups excluding carboxylic acids is 1. The number of benzene rings is 1. The van der Waals surface area contributed by atoms with Crippen LogP contribution in [0.5, 0.6) is 0 Å². The predicted octanol–water partition coefficient (Wildman–Crippen LogP) is 2.04. The normalized spacial score (nSPS) is 10.5. The maximum Gasteiger partial charge on any atom is 0.344 e. The van der Waals surface area contributed by atoms with Gasteiger partial charge in [-0.15, -0.1) is 10.2 Å². The standard InChI is InChI=1S/C15H13N5O4/c1-24-15(21)11-8-10(5-6-12(11)20(22)23)16-9-14-18-17-13-4-2-3-7-19(13)14/h2-8,16H,9H2,1H3. The van der Waals surface area contributed by atoms with Crippen LogP contribution < -0.4 is 5.32 Å². The molecule has 0 fully saturated rings. The van der Waals surface area contributed by atoms with E-state index in [9.17, 15) is 14.9 Å². The van der Waals surface area contributed by atoms with Crippen molar-refractivity contribution >= 4 is 23.0 Å². The van der Waals surface area contributed by atoms with Gasteiger partial charge in [0.2, 0.25) is 0 Å². The predicted molar refractivity (Wildman–Crippen MR) is 84.7 cm³/mol. The van der Waals surface area contributed by atoms with Gasteiger partial charge < -0.3 is 10.1 Å². The molecule has 0 spiro atoms. The van der Waals surface area contributed by atoms with Crippen molar-refractivity contribution < 1.29 is 14.5 Å². The lowest BCUT2D eigenvalue weighted by Crippen LogP contribution is -2.08. The lowest BCUT2D eigenvalue weighted by molar-refractivity contribution is -0.385. The number of aromatic nitrogens is 3. The summed E-state index contributed by atoms with van der Waals surface area (Å²) in [6, 6.07) is 9.72. The lowest BCUT2D eigenvalue weighted by atomic mass is 10.1. The molecule has 1 N–H and O–H groups in total. The molecule has 0 saturated heterocycles. The molecular formula is C15H13N5O4. The maximum atomic E-state index is 11.7. The van der Waals surface area contributed by atoms with E-state index in [1.807, 2.05) is 28.8 Å². The van der Waals surface area contributed by atoms with Crippen LogP contribution in [0.2, 0.25) is 0 Å². The zero-order valence-electron chi connectivity index (χ0n) is 12.7. The van der Waals surface area contributed by atoms with Gasteiger partial charge in [0.25, 0.3) is 5.69 Å². The molecule has 0 saturated carbocycles. The molecule has 0 unspecified atom stereocenters. The number of fused-ring (bicyclic) bond motifs is 1. The molecule has 0 atom stereocenters. The fourth-order valence-corrected chi connectivity index (χ4v) is 2.27. The fraction of sp³-hybridized carbons (Fsp3) is 0.133. The number of carbonyl (C=O) groups is 1. The summed E-state index contributed by atoms with van der Waals surface area (Å²) in [6.07, 6.45) is 1.84. The Morgan fingerprint density at radius 1 is 1.33 bits per heavy atom. The van der Waals surface area contributed by atoms with Crippen molar-refractivity contribution in [3.8, 4) is 0 Å². The highest BCUT2D eigenvalue weighted by molar-refractivity contribution is 5.95. The lowest BCUT2D eigenvalue weighted by Gasteiger charge is -2.07. The van der Waals surface area contributed by atoms with Crippen LogP contribution in [0, 0.1) is 10.1 Å². The fourth-order valence-electron chi connectivity index (χ4n) is 2.27. The summed E-state index contributed by atoms with van der Waals surface area (Å²) in [7, 11) is 1.18. The van der Waals surface area contributed by atoms with E-state index >= 15 is 0 Å². The number of anilines is 1. The van der Waals surface area contributed by atoms with Crippen LogP contribution >= 0.6 is 0 Å². The molecular weight excluding hydrogens is 314 g/mol. The summed E-state index contributed by atoms with van der Waals surface area (Å²) in [6.45, 7) is 0.337. The zero-order chi connectivity index (χ0) is 17.1. The van der Waals surface area contributed by atoms with Crippen molar-refractivity contribution in [2.24, 2.45) is 0 Å². The van der Waals surface area contributed by atoms with E-state index in [-0.39, 0.29) is 11.3 Å². The topological polar surface area (TPSA) is 112 Å². The maximum absolute atomic E-state index is 11.7. The van der Waals surface area contributed by atoms with Crippen LogP contribution in [0.4, 0.5) is 11.4 Å². The highest BCUT2D eigenvalue weighted by Gasteiger charge is 2.21. The first-order valence-electron chi connectivity index (χ1n) is 6.99. The summed E-state index contributed by atoms with van der Waals surface area (Å²) < 4.78 is 6.41.